The van der Waals surface area contributed by atoms with Crippen molar-refractivity contribution in [1.29, 1.82) is 0 Å². The average Bonchev–Trinajstić information content (AvgIpc) is 3.03. The van der Waals surface area contributed by atoms with E-state index in [4.69, 9.17) is 9.47 Å². The Bertz CT molecular complexity index is 1250. The number of allylic oxidation sites excluding steroid dienone is 1. The molecule has 4 nitrogen and oxygen atoms in total. The zero-order valence-corrected chi connectivity index (χ0v) is 24.0. The van der Waals surface area contributed by atoms with E-state index in [1.54, 1.807) is 0 Å². The van der Waals surface area contributed by atoms with Crippen molar-refractivity contribution in [2.24, 2.45) is 0 Å². The highest BCUT2D eigenvalue weighted by molar-refractivity contribution is 5.75. The van der Waals surface area contributed by atoms with Crippen LogP contribution in [0.4, 0.5) is 0 Å². The number of esters is 1. The monoisotopic (exact) mass is 547 g/mol. The highest BCUT2D eigenvalue weighted by atomic mass is 16.5. The lowest BCUT2D eigenvalue weighted by atomic mass is 10.1. The lowest BCUT2D eigenvalue weighted by Crippen LogP contribution is -2.41. The summed E-state index contributed by atoms with van der Waals surface area (Å²) >= 11 is 0. The number of ether oxygens (including phenoxy) is 2. The Hall–Kier alpha value is -3.99. The second-order valence-corrected chi connectivity index (χ2v) is 10.2. The van der Waals surface area contributed by atoms with Gasteiger partial charge in [0.05, 0.1) is 12.7 Å². The third-order valence-corrected chi connectivity index (χ3v) is 7.06. The second-order valence-electron chi connectivity index (χ2n) is 10.2. The summed E-state index contributed by atoms with van der Waals surface area (Å²) in [6.45, 7) is 4.29. The van der Waals surface area contributed by atoms with Crippen LogP contribution in [0.25, 0.3) is 0 Å². The van der Waals surface area contributed by atoms with Gasteiger partial charge in [0.1, 0.15) is 12.6 Å². The summed E-state index contributed by atoms with van der Waals surface area (Å²) in [6.07, 6.45) is 6.60. The first-order valence-electron chi connectivity index (χ1n) is 14.6. The topological polar surface area (TPSA) is 38.8 Å². The van der Waals surface area contributed by atoms with Crippen LogP contribution < -0.4 is 0 Å². The minimum Gasteiger partial charge on any atom is -0.460 e. The third kappa shape index (κ3) is 10.5. The van der Waals surface area contributed by atoms with E-state index in [2.05, 4.69) is 60.4 Å². The van der Waals surface area contributed by atoms with Crippen LogP contribution in [0.15, 0.2) is 133 Å². The standard InChI is InChI=1S/C37H41NO3/c1-2-35(40-29-33-21-11-5-12-22-33)25-15-16-26-36(37(39)41-30-34-23-13-6-14-24-34)38(27-31-17-7-3-8-18-31)28-32-19-9-4-10-20-32/h3-15,17-25,35-36H,2,16,26-30H2,1H3/b25-15+/t35-,36-/m1/s1. The van der Waals surface area contributed by atoms with Crippen molar-refractivity contribution >= 4 is 5.97 Å². The Kier molecular flexibility index (Phi) is 12.4. The number of nitrogens with zero attached hydrogens (tertiary/aromatic N) is 1. The molecule has 4 aromatic carbocycles. The fraction of sp³-hybridized carbons (Fsp3) is 0.270. The molecule has 0 saturated heterocycles. The van der Waals surface area contributed by atoms with Gasteiger partial charge in [-0.25, -0.2) is 0 Å². The smallest absolute Gasteiger partial charge is 0.323 e. The molecule has 0 unspecified atom stereocenters. The molecule has 0 amide bonds. The molecule has 0 radical (unpaired) electrons. The van der Waals surface area contributed by atoms with Crippen molar-refractivity contribution in [2.75, 3.05) is 0 Å². The summed E-state index contributed by atoms with van der Waals surface area (Å²) in [4.78, 5) is 15.9. The van der Waals surface area contributed by atoms with Crippen LogP contribution in [0, 0.1) is 0 Å². The summed E-state index contributed by atoms with van der Waals surface area (Å²) < 4.78 is 12.0. The number of benzene rings is 4. The van der Waals surface area contributed by atoms with Gasteiger partial charge in [-0.05, 0) is 41.5 Å². The molecule has 0 aromatic heterocycles. The maximum atomic E-state index is 13.7. The van der Waals surface area contributed by atoms with Crippen LogP contribution >= 0.6 is 0 Å². The first-order valence-corrected chi connectivity index (χ1v) is 14.6. The largest absolute Gasteiger partial charge is 0.460 e. The molecule has 0 fully saturated rings. The van der Waals surface area contributed by atoms with Gasteiger partial charge in [0, 0.05) is 13.1 Å². The predicted octanol–water partition coefficient (Wildman–Crippen LogP) is 8.13. The fourth-order valence-electron chi connectivity index (χ4n) is 4.78. The molecular weight excluding hydrogens is 506 g/mol. The van der Waals surface area contributed by atoms with Gasteiger partial charge < -0.3 is 9.47 Å². The maximum Gasteiger partial charge on any atom is 0.323 e. The van der Waals surface area contributed by atoms with E-state index < -0.39 is 6.04 Å². The minimum atomic E-state index is -0.394. The maximum absolute atomic E-state index is 13.7. The van der Waals surface area contributed by atoms with E-state index >= 15 is 0 Å². The van der Waals surface area contributed by atoms with E-state index in [-0.39, 0.29) is 18.7 Å². The van der Waals surface area contributed by atoms with Crippen LogP contribution in [-0.4, -0.2) is 23.0 Å². The Labute approximate surface area is 245 Å². The molecule has 0 bridgehead atoms. The van der Waals surface area contributed by atoms with Gasteiger partial charge in [-0.15, -0.1) is 0 Å². The fourth-order valence-corrected chi connectivity index (χ4v) is 4.78. The lowest BCUT2D eigenvalue weighted by molar-refractivity contribution is -0.152. The van der Waals surface area contributed by atoms with E-state index in [0.717, 1.165) is 24.0 Å². The molecule has 0 heterocycles. The van der Waals surface area contributed by atoms with Crippen molar-refractivity contribution in [2.45, 2.75) is 64.6 Å². The number of hydrogen-bond acceptors (Lipinski definition) is 4. The van der Waals surface area contributed by atoms with Crippen molar-refractivity contribution in [3.8, 4) is 0 Å². The van der Waals surface area contributed by atoms with Gasteiger partial charge in [0.2, 0.25) is 0 Å². The first-order chi connectivity index (χ1) is 20.2. The van der Waals surface area contributed by atoms with Crippen LogP contribution in [0.3, 0.4) is 0 Å². The first kappa shape index (κ1) is 30.0. The molecule has 212 valence electrons. The van der Waals surface area contributed by atoms with Crippen molar-refractivity contribution in [1.82, 2.24) is 4.90 Å². The summed E-state index contributed by atoms with van der Waals surface area (Å²) in [5.41, 5.74) is 4.48. The number of hydrogen-bond donors (Lipinski definition) is 0. The van der Waals surface area contributed by atoms with E-state index in [1.165, 1.54) is 11.1 Å². The predicted molar refractivity (Wildman–Crippen MR) is 166 cm³/mol. The third-order valence-electron chi connectivity index (χ3n) is 7.06. The Balaban J connectivity index is 1.47. The molecule has 0 aliphatic carbocycles. The van der Waals surface area contributed by atoms with Gasteiger partial charge in [0.15, 0.2) is 0 Å². The van der Waals surface area contributed by atoms with Crippen LogP contribution in [0.5, 0.6) is 0 Å². The molecule has 41 heavy (non-hydrogen) atoms. The molecule has 0 aliphatic rings. The zero-order chi connectivity index (χ0) is 28.5. The summed E-state index contributed by atoms with van der Waals surface area (Å²) in [5, 5.41) is 0. The van der Waals surface area contributed by atoms with Gasteiger partial charge >= 0.3 is 5.97 Å². The van der Waals surface area contributed by atoms with Gasteiger partial charge in [-0.3, -0.25) is 9.69 Å². The molecule has 2 atom stereocenters. The van der Waals surface area contributed by atoms with E-state index in [0.29, 0.717) is 26.1 Å². The van der Waals surface area contributed by atoms with Gasteiger partial charge in [0.25, 0.3) is 0 Å². The number of rotatable bonds is 16. The van der Waals surface area contributed by atoms with E-state index in [1.807, 2.05) is 84.9 Å². The lowest BCUT2D eigenvalue weighted by Gasteiger charge is -2.30. The summed E-state index contributed by atoms with van der Waals surface area (Å²) in [6, 6.07) is 40.4. The molecule has 0 N–H and O–H groups in total. The van der Waals surface area contributed by atoms with Crippen molar-refractivity contribution < 1.29 is 14.3 Å². The molecule has 0 aliphatic heterocycles. The average molecular weight is 548 g/mol. The van der Waals surface area contributed by atoms with Crippen LogP contribution in [0.2, 0.25) is 0 Å². The summed E-state index contributed by atoms with van der Waals surface area (Å²) in [5.74, 6) is -0.193. The van der Waals surface area contributed by atoms with E-state index in [9.17, 15) is 4.79 Å². The Morgan fingerprint density at radius 3 is 1.63 bits per heavy atom. The minimum absolute atomic E-state index is 0.0310. The quantitative estimate of drug-likeness (QED) is 0.105. The molecule has 0 saturated carbocycles. The van der Waals surface area contributed by atoms with Gasteiger partial charge in [-0.1, -0.05) is 140 Å². The highest BCUT2D eigenvalue weighted by Crippen LogP contribution is 2.19. The van der Waals surface area contributed by atoms with Crippen molar-refractivity contribution in [3.63, 3.8) is 0 Å². The SMILES string of the molecule is CC[C@H](/C=C/CC[C@H](C(=O)OCc1ccccc1)N(Cc1ccccc1)Cc1ccccc1)OCc1ccccc1. The molecule has 0 spiro atoms. The molecule has 4 heteroatoms. The molecule has 4 rings (SSSR count). The van der Waals surface area contributed by atoms with Crippen molar-refractivity contribution in [3.05, 3.63) is 156 Å². The zero-order valence-electron chi connectivity index (χ0n) is 24.0. The molecule has 4 aromatic rings. The van der Waals surface area contributed by atoms with Gasteiger partial charge in [-0.2, -0.15) is 0 Å². The number of carbonyl (C=O) groups is 1. The Morgan fingerprint density at radius 1 is 0.683 bits per heavy atom. The number of carbonyl (C=O) groups excluding carboxylic acids is 1. The Morgan fingerprint density at radius 2 is 1.15 bits per heavy atom. The summed E-state index contributed by atoms with van der Waals surface area (Å²) in [7, 11) is 0. The van der Waals surface area contributed by atoms with Crippen LogP contribution in [-0.2, 0) is 40.6 Å². The normalized spacial score (nSPS) is 12.8. The second kappa shape index (κ2) is 17.0. The molecular formula is C37H41NO3. The highest BCUT2D eigenvalue weighted by Gasteiger charge is 2.27. The van der Waals surface area contributed by atoms with Crippen LogP contribution in [0.1, 0.15) is 48.4 Å².